The first-order chi connectivity index (χ1) is 8.83. The van der Waals surface area contributed by atoms with Crippen molar-refractivity contribution in [2.24, 2.45) is 0 Å². The van der Waals surface area contributed by atoms with Gasteiger partial charge in [0.2, 0.25) is 0 Å². The Morgan fingerprint density at radius 1 is 1.44 bits per heavy atom. The zero-order valence-corrected chi connectivity index (χ0v) is 11.1. The van der Waals surface area contributed by atoms with Crippen LogP contribution in [0.2, 0.25) is 0 Å². The van der Waals surface area contributed by atoms with Gasteiger partial charge >= 0.3 is 0 Å². The van der Waals surface area contributed by atoms with Crippen molar-refractivity contribution in [3.8, 4) is 0 Å². The smallest absolute Gasteiger partial charge is 0.128 e. The first kappa shape index (κ1) is 13.1. The fourth-order valence-electron chi connectivity index (χ4n) is 2.15. The predicted octanol–water partition coefficient (Wildman–Crippen LogP) is 1.58. The Balaban J connectivity index is 1.96. The van der Waals surface area contributed by atoms with Gasteiger partial charge < -0.3 is 15.0 Å². The van der Waals surface area contributed by atoms with E-state index in [1.807, 2.05) is 13.2 Å². The molecule has 2 heterocycles. The SMILES string of the molecule is CNCc1ccc(N2CC=C(COC)CC2)nc1. The summed E-state index contributed by atoms with van der Waals surface area (Å²) in [4.78, 5) is 6.81. The van der Waals surface area contributed by atoms with Crippen molar-refractivity contribution < 1.29 is 4.74 Å². The largest absolute Gasteiger partial charge is 0.380 e. The molecule has 0 aliphatic carbocycles. The van der Waals surface area contributed by atoms with Crippen LogP contribution in [0, 0.1) is 0 Å². The maximum Gasteiger partial charge on any atom is 0.128 e. The fraction of sp³-hybridized carbons (Fsp3) is 0.500. The van der Waals surface area contributed by atoms with E-state index in [1.54, 1.807) is 7.11 Å². The standard InChI is InChI=1S/C14H21N3O/c1-15-9-13-3-4-14(16-10-13)17-7-5-12(6-8-17)11-18-2/h3-5,10,15H,6-9,11H2,1-2H3. The predicted molar refractivity (Wildman–Crippen MR) is 73.8 cm³/mol. The Bertz CT molecular complexity index is 400. The lowest BCUT2D eigenvalue weighted by Gasteiger charge is -2.27. The summed E-state index contributed by atoms with van der Waals surface area (Å²) in [5, 5.41) is 3.13. The molecule has 0 atom stereocenters. The normalized spacial score (nSPS) is 15.7. The third-order valence-corrected chi connectivity index (χ3v) is 3.15. The van der Waals surface area contributed by atoms with Gasteiger partial charge in [-0.2, -0.15) is 0 Å². The first-order valence-corrected chi connectivity index (χ1v) is 6.35. The van der Waals surface area contributed by atoms with Crippen LogP contribution in [0.15, 0.2) is 30.0 Å². The van der Waals surface area contributed by atoms with E-state index in [-0.39, 0.29) is 0 Å². The van der Waals surface area contributed by atoms with Crippen molar-refractivity contribution >= 4 is 5.82 Å². The van der Waals surface area contributed by atoms with E-state index in [0.717, 1.165) is 38.5 Å². The number of hydrogen-bond donors (Lipinski definition) is 1. The molecule has 0 saturated carbocycles. The van der Waals surface area contributed by atoms with Crippen molar-refractivity contribution in [1.29, 1.82) is 0 Å². The highest BCUT2D eigenvalue weighted by Crippen LogP contribution is 2.17. The van der Waals surface area contributed by atoms with E-state index >= 15 is 0 Å². The van der Waals surface area contributed by atoms with E-state index in [1.165, 1.54) is 11.1 Å². The van der Waals surface area contributed by atoms with Gasteiger partial charge in [-0.05, 0) is 30.7 Å². The molecular formula is C14H21N3O. The summed E-state index contributed by atoms with van der Waals surface area (Å²) in [6.45, 7) is 3.57. The van der Waals surface area contributed by atoms with E-state index in [0.29, 0.717) is 0 Å². The number of rotatable bonds is 5. The van der Waals surface area contributed by atoms with Crippen LogP contribution in [-0.4, -0.2) is 38.8 Å². The number of methoxy groups -OCH3 is 1. The summed E-state index contributed by atoms with van der Waals surface area (Å²) in [5.41, 5.74) is 2.61. The molecule has 0 radical (unpaired) electrons. The summed E-state index contributed by atoms with van der Waals surface area (Å²) in [6.07, 6.45) is 5.25. The van der Waals surface area contributed by atoms with Crippen molar-refractivity contribution in [1.82, 2.24) is 10.3 Å². The number of nitrogens with zero attached hydrogens (tertiary/aromatic N) is 2. The summed E-state index contributed by atoms with van der Waals surface area (Å²) >= 11 is 0. The number of nitrogens with one attached hydrogen (secondary N) is 1. The van der Waals surface area contributed by atoms with E-state index < -0.39 is 0 Å². The second-order valence-corrected chi connectivity index (χ2v) is 4.55. The maximum absolute atomic E-state index is 5.16. The van der Waals surface area contributed by atoms with Gasteiger partial charge in [-0.15, -0.1) is 0 Å². The molecule has 18 heavy (non-hydrogen) atoms. The van der Waals surface area contributed by atoms with Gasteiger partial charge in [0, 0.05) is 32.9 Å². The van der Waals surface area contributed by atoms with Crippen molar-refractivity contribution in [2.45, 2.75) is 13.0 Å². The number of pyridine rings is 1. The number of anilines is 1. The van der Waals surface area contributed by atoms with Crippen LogP contribution in [0.1, 0.15) is 12.0 Å². The molecule has 0 aromatic carbocycles. The molecule has 1 aromatic heterocycles. The number of aromatic nitrogens is 1. The molecule has 98 valence electrons. The van der Waals surface area contributed by atoms with Gasteiger partial charge in [0.05, 0.1) is 6.61 Å². The summed E-state index contributed by atoms with van der Waals surface area (Å²) in [6, 6.07) is 4.23. The van der Waals surface area contributed by atoms with Gasteiger partial charge in [-0.25, -0.2) is 4.98 Å². The average molecular weight is 247 g/mol. The Morgan fingerprint density at radius 2 is 2.33 bits per heavy atom. The van der Waals surface area contributed by atoms with Gasteiger partial charge in [-0.3, -0.25) is 0 Å². The quantitative estimate of drug-likeness (QED) is 0.802. The monoisotopic (exact) mass is 247 g/mol. The van der Waals surface area contributed by atoms with Crippen LogP contribution in [0.5, 0.6) is 0 Å². The molecule has 4 heteroatoms. The molecule has 1 aliphatic rings. The van der Waals surface area contributed by atoms with E-state index in [4.69, 9.17) is 4.74 Å². The molecule has 1 aliphatic heterocycles. The molecule has 0 saturated heterocycles. The molecule has 4 nitrogen and oxygen atoms in total. The lowest BCUT2D eigenvalue weighted by molar-refractivity contribution is 0.222. The summed E-state index contributed by atoms with van der Waals surface area (Å²) in [5.74, 6) is 1.06. The molecule has 0 unspecified atom stereocenters. The second-order valence-electron chi connectivity index (χ2n) is 4.55. The third kappa shape index (κ3) is 3.31. The van der Waals surface area contributed by atoms with Crippen LogP contribution >= 0.6 is 0 Å². The molecule has 1 N–H and O–H groups in total. The van der Waals surface area contributed by atoms with Gasteiger partial charge in [-0.1, -0.05) is 12.1 Å². The summed E-state index contributed by atoms with van der Waals surface area (Å²) in [7, 11) is 3.69. The van der Waals surface area contributed by atoms with E-state index in [2.05, 4.69) is 33.4 Å². The van der Waals surface area contributed by atoms with Gasteiger partial charge in [0.25, 0.3) is 0 Å². The first-order valence-electron chi connectivity index (χ1n) is 6.35. The lowest BCUT2D eigenvalue weighted by atomic mass is 10.1. The van der Waals surface area contributed by atoms with Gasteiger partial charge in [0.1, 0.15) is 5.82 Å². The van der Waals surface area contributed by atoms with E-state index in [9.17, 15) is 0 Å². The highest BCUT2D eigenvalue weighted by molar-refractivity contribution is 5.42. The topological polar surface area (TPSA) is 37.4 Å². The molecule has 2 rings (SSSR count). The zero-order chi connectivity index (χ0) is 12.8. The van der Waals surface area contributed by atoms with Crippen LogP contribution in [0.25, 0.3) is 0 Å². The Hall–Kier alpha value is -1.39. The minimum absolute atomic E-state index is 0.752. The molecule has 0 amide bonds. The average Bonchev–Trinajstić information content (AvgIpc) is 2.41. The Kier molecular flexibility index (Phi) is 4.73. The summed E-state index contributed by atoms with van der Waals surface area (Å²) < 4.78 is 5.16. The van der Waals surface area contributed by atoms with Crippen LogP contribution < -0.4 is 10.2 Å². The Morgan fingerprint density at radius 3 is 2.89 bits per heavy atom. The molecule has 0 spiro atoms. The van der Waals surface area contributed by atoms with Crippen molar-refractivity contribution in [3.05, 3.63) is 35.5 Å². The molecule has 1 aromatic rings. The fourth-order valence-corrected chi connectivity index (χ4v) is 2.15. The second kappa shape index (κ2) is 6.52. The van der Waals surface area contributed by atoms with Crippen LogP contribution in [-0.2, 0) is 11.3 Å². The molecular weight excluding hydrogens is 226 g/mol. The Labute approximate surface area is 109 Å². The highest BCUT2D eigenvalue weighted by Gasteiger charge is 2.12. The molecule has 0 fully saturated rings. The lowest BCUT2D eigenvalue weighted by Crippen LogP contribution is -2.30. The van der Waals surface area contributed by atoms with Crippen LogP contribution in [0.3, 0.4) is 0 Å². The number of ether oxygens (including phenoxy) is 1. The van der Waals surface area contributed by atoms with Gasteiger partial charge in [0.15, 0.2) is 0 Å². The van der Waals surface area contributed by atoms with Crippen LogP contribution in [0.4, 0.5) is 5.82 Å². The molecule has 0 bridgehead atoms. The van der Waals surface area contributed by atoms with Crippen molar-refractivity contribution in [3.63, 3.8) is 0 Å². The minimum Gasteiger partial charge on any atom is -0.380 e. The highest BCUT2D eigenvalue weighted by atomic mass is 16.5. The third-order valence-electron chi connectivity index (χ3n) is 3.15. The minimum atomic E-state index is 0.752. The maximum atomic E-state index is 5.16. The van der Waals surface area contributed by atoms with Crippen molar-refractivity contribution in [2.75, 3.05) is 38.8 Å². The number of hydrogen-bond acceptors (Lipinski definition) is 4. The zero-order valence-electron chi connectivity index (χ0n) is 11.1.